The third-order valence-electron chi connectivity index (χ3n) is 4.14. The van der Waals surface area contributed by atoms with E-state index in [1.165, 1.54) is 6.07 Å². The number of carbonyl (C=O) groups excluding carboxylic acids is 1. The largest absolute Gasteiger partial charge is 0.478 e. The normalized spacial score (nSPS) is 18.0. The number of nitrogens with zero attached hydrogens (tertiary/aromatic N) is 2. The first-order valence-electron chi connectivity index (χ1n) is 7.45. The van der Waals surface area contributed by atoms with Crippen molar-refractivity contribution in [2.45, 2.75) is 39.7 Å². The van der Waals surface area contributed by atoms with E-state index in [0.29, 0.717) is 6.54 Å². The lowest BCUT2D eigenvalue weighted by molar-refractivity contribution is -0.384. The molecular formula is C16H20N2O5. The Bertz CT molecular complexity index is 631. The zero-order valence-corrected chi connectivity index (χ0v) is 13.4. The van der Waals surface area contributed by atoms with Gasteiger partial charge in [-0.25, -0.2) is 4.79 Å². The van der Waals surface area contributed by atoms with E-state index >= 15 is 0 Å². The van der Waals surface area contributed by atoms with E-state index in [2.05, 4.69) is 0 Å². The van der Waals surface area contributed by atoms with E-state index < -0.39 is 10.9 Å². The molecule has 2 rings (SSSR count). The van der Waals surface area contributed by atoms with E-state index in [-0.39, 0.29) is 34.2 Å². The first-order valence-corrected chi connectivity index (χ1v) is 7.45. The number of nitro benzene ring substituents is 1. The average Bonchev–Trinajstić information content (AvgIpc) is 2.95. The maximum atomic E-state index is 12.8. The molecule has 1 unspecified atom stereocenters. The van der Waals surface area contributed by atoms with E-state index in [1.54, 1.807) is 4.90 Å². The Labute approximate surface area is 134 Å². The summed E-state index contributed by atoms with van der Waals surface area (Å²) in [5.74, 6) is -1.65. The molecule has 1 aliphatic rings. The Morgan fingerprint density at radius 2 is 1.87 bits per heavy atom. The van der Waals surface area contributed by atoms with Crippen molar-refractivity contribution in [3.8, 4) is 0 Å². The van der Waals surface area contributed by atoms with Gasteiger partial charge in [-0.1, -0.05) is 20.8 Å². The molecule has 7 nitrogen and oxygen atoms in total. The Kier molecular flexibility index (Phi) is 4.40. The number of hydrogen-bond acceptors (Lipinski definition) is 4. The van der Waals surface area contributed by atoms with Crippen molar-refractivity contribution in [1.29, 1.82) is 0 Å². The highest BCUT2D eigenvalue weighted by atomic mass is 16.6. The molecule has 0 aliphatic carbocycles. The maximum absolute atomic E-state index is 12.8. The Balaban J connectivity index is 2.42. The van der Waals surface area contributed by atoms with E-state index in [1.807, 2.05) is 20.8 Å². The van der Waals surface area contributed by atoms with Crippen molar-refractivity contribution in [3.05, 3.63) is 39.4 Å². The van der Waals surface area contributed by atoms with Crippen LogP contribution in [0.4, 0.5) is 5.69 Å². The van der Waals surface area contributed by atoms with Gasteiger partial charge in [0.1, 0.15) is 0 Å². The Hall–Kier alpha value is -2.44. The van der Waals surface area contributed by atoms with Gasteiger partial charge < -0.3 is 10.0 Å². The number of non-ortho nitro benzene ring substituents is 1. The zero-order valence-electron chi connectivity index (χ0n) is 13.4. The first kappa shape index (κ1) is 16.9. The van der Waals surface area contributed by atoms with Crippen LogP contribution < -0.4 is 0 Å². The van der Waals surface area contributed by atoms with Gasteiger partial charge in [-0.3, -0.25) is 14.9 Å². The van der Waals surface area contributed by atoms with Crippen LogP contribution in [0, 0.1) is 15.5 Å². The average molecular weight is 320 g/mol. The predicted octanol–water partition coefficient (Wildman–Crippen LogP) is 2.94. The molecule has 7 heteroatoms. The molecule has 0 aromatic heterocycles. The van der Waals surface area contributed by atoms with Gasteiger partial charge in [-0.05, 0) is 24.3 Å². The van der Waals surface area contributed by atoms with Crippen molar-refractivity contribution in [2.75, 3.05) is 6.54 Å². The van der Waals surface area contributed by atoms with Crippen molar-refractivity contribution >= 4 is 17.6 Å². The van der Waals surface area contributed by atoms with Crippen LogP contribution in [0.3, 0.4) is 0 Å². The highest BCUT2D eigenvalue weighted by molar-refractivity contribution is 5.98. The first-order chi connectivity index (χ1) is 10.6. The molecule has 1 aromatic rings. The van der Waals surface area contributed by atoms with Crippen LogP contribution in [0.2, 0.25) is 0 Å². The molecule has 23 heavy (non-hydrogen) atoms. The summed E-state index contributed by atoms with van der Waals surface area (Å²) in [7, 11) is 0. The molecule has 1 fully saturated rings. The molecule has 1 aliphatic heterocycles. The number of hydrogen-bond donors (Lipinski definition) is 1. The summed E-state index contributed by atoms with van der Waals surface area (Å²) in [6.07, 6.45) is 1.74. The molecule has 1 heterocycles. The minimum Gasteiger partial charge on any atom is -0.478 e. The van der Waals surface area contributed by atoms with Crippen LogP contribution in [-0.2, 0) is 0 Å². The molecule has 0 spiro atoms. The number of amides is 1. The van der Waals surface area contributed by atoms with Gasteiger partial charge in [0.2, 0.25) is 0 Å². The summed E-state index contributed by atoms with van der Waals surface area (Å²) in [5, 5.41) is 20.1. The number of carboxylic acids is 1. The molecular weight excluding hydrogens is 300 g/mol. The van der Waals surface area contributed by atoms with Gasteiger partial charge in [0.25, 0.3) is 11.6 Å². The summed E-state index contributed by atoms with van der Waals surface area (Å²) in [4.78, 5) is 35.9. The van der Waals surface area contributed by atoms with Gasteiger partial charge in [0, 0.05) is 30.3 Å². The number of aromatic carboxylic acids is 1. The van der Waals surface area contributed by atoms with E-state index in [4.69, 9.17) is 5.11 Å². The van der Waals surface area contributed by atoms with Crippen LogP contribution in [0.15, 0.2) is 18.2 Å². The number of rotatable bonds is 3. The van der Waals surface area contributed by atoms with Crippen LogP contribution in [-0.4, -0.2) is 39.4 Å². The fourth-order valence-electron chi connectivity index (χ4n) is 3.04. The fourth-order valence-corrected chi connectivity index (χ4v) is 3.04. The third-order valence-corrected chi connectivity index (χ3v) is 4.14. The molecule has 0 bridgehead atoms. The Morgan fingerprint density at radius 3 is 2.39 bits per heavy atom. The third kappa shape index (κ3) is 3.49. The Morgan fingerprint density at radius 1 is 1.26 bits per heavy atom. The summed E-state index contributed by atoms with van der Waals surface area (Å²) >= 11 is 0. The molecule has 0 radical (unpaired) electrons. The standard InChI is InChI=1S/C16H20N2O5/c1-16(2,3)13-5-4-6-17(13)14(19)10-7-11(15(20)21)9-12(8-10)18(22)23/h7-9,13H,4-6H2,1-3H3,(H,20,21). The number of carbonyl (C=O) groups is 2. The van der Waals surface area contributed by atoms with Crippen molar-refractivity contribution in [1.82, 2.24) is 4.90 Å². The minimum atomic E-state index is -1.29. The van der Waals surface area contributed by atoms with Gasteiger partial charge in [0.05, 0.1) is 10.5 Å². The minimum absolute atomic E-state index is 0.0301. The predicted molar refractivity (Wildman–Crippen MR) is 83.6 cm³/mol. The maximum Gasteiger partial charge on any atom is 0.335 e. The smallest absolute Gasteiger partial charge is 0.335 e. The zero-order chi connectivity index (χ0) is 17.4. The highest BCUT2D eigenvalue weighted by Crippen LogP contribution is 2.34. The van der Waals surface area contributed by atoms with E-state index in [0.717, 1.165) is 25.0 Å². The van der Waals surface area contributed by atoms with Crippen LogP contribution >= 0.6 is 0 Å². The molecule has 1 amide bonds. The lowest BCUT2D eigenvalue weighted by atomic mass is 9.85. The molecule has 124 valence electrons. The highest BCUT2D eigenvalue weighted by Gasteiger charge is 2.37. The fraction of sp³-hybridized carbons (Fsp3) is 0.500. The topological polar surface area (TPSA) is 101 Å². The molecule has 1 atom stereocenters. The number of nitro groups is 1. The second-order valence-electron chi connectivity index (χ2n) is 6.85. The number of carboxylic acid groups (broad SMARTS) is 1. The second kappa shape index (κ2) is 5.98. The molecule has 0 saturated carbocycles. The van der Waals surface area contributed by atoms with Gasteiger partial charge in [-0.15, -0.1) is 0 Å². The second-order valence-corrected chi connectivity index (χ2v) is 6.85. The monoisotopic (exact) mass is 320 g/mol. The summed E-state index contributed by atoms with van der Waals surface area (Å²) in [5.41, 5.74) is -0.704. The van der Waals surface area contributed by atoms with Gasteiger partial charge in [0.15, 0.2) is 0 Å². The summed E-state index contributed by atoms with van der Waals surface area (Å²) in [6, 6.07) is 3.34. The SMILES string of the molecule is CC(C)(C)C1CCCN1C(=O)c1cc(C(=O)O)cc([N+](=O)[O-])c1. The van der Waals surface area contributed by atoms with Crippen molar-refractivity contribution in [3.63, 3.8) is 0 Å². The lowest BCUT2D eigenvalue weighted by Crippen LogP contribution is -2.43. The summed E-state index contributed by atoms with van der Waals surface area (Å²) < 4.78 is 0. The number of benzene rings is 1. The lowest BCUT2D eigenvalue weighted by Gasteiger charge is -2.35. The summed E-state index contributed by atoms with van der Waals surface area (Å²) in [6.45, 7) is 6.70. The molecule has 1 aromatic carbocycles. The quantitative estimate of drug-likeness (QED) is 0.681. The van der Waals surface area contributed by atoms with Gasteiger partial charge >= 0.3 is 5.97 Å². The van der Waals surface area contributed by atoms with Crippen LogP contribution in [0.25, 0.3) is 0 Å². The molecule has 1 N–H and O–H groups in total. The van der Waals surface area contributed by atoms with Crippen LogP contribution in [0.1, 0.15) is 54.3 Å². The number of likely N-dealkylation sites (tertiary alicyclic amines) is 1. The van der Waals surface area contributed by atoms with Gasteiger partial charge in [-0.2, -0.15) is 0 Å². The molecule has 1 saturated heterocycles. The van der Waals surface area contributed by atoms with Crippen LogP contribution in [0.5, 0.6) is 0 Å². The van der Waals surface area contributed by atoms with Crippen molar-refractivity contribution in [2.24, 2.45) is 5.41 Å². The van der Waals surface area contributed by atoms with E-state index in [9.17, 15) is 19.7 Å². The van der Waals surface area contributed by atoms with Crippen molar-refractivity contribution < 1.29 is 19.6 Å².